The molecule has 1 rings (SSSR count). The summed E-state index contributed by atoms with van der Waals surface area (Å²) in [7, 11) is 1.39. The van der Waals surface area contributed by atoms with Crippen LogP contribution in [0.2, 0.25) is 0 Å². The number of esters is 1. The highest BCUT2D eigenvalue weighted by molar-refractivity contribution is 5.69. The van der Waals surface area contributed by atoms with Gasteiger partial charge in [0.15, 0.2) is 0 Å². The number of hydrogen-bond donors (Lipinski definition) is 3. The second kappa shape index (κ2) is 12.3. The average molecular weight is 383 g/mol. The van der Waals surface area contributed by atoms with Gasteiger partial charge in [-0.25, -0.2) is 0 Å². The van der Waals surface area contributed by atoms with Crippen LogP contribution in [0.3, 0.4) is 0 Å². The summed E-state index contributed by atoms with van der Waals surface area (Å²) in [6.45, 7) is 3.93. The van der Waals surface area contributed by atoms with Gasteiger partial charge in [0.1, 0.15) is 0 Å². The summed E-state index contributed by atoms with van der Waals surface area (Å²) in [5.41, 5.74) is -0.878. The lowest BCUT2D eigenvalue weighted by Gasteiger charge is -2.23. The molecule has 1 aliphatic rings. The summed E-state index contributed by atoms with van der Waals surface area (Å²) in [5, 5.41) is 31.1. The Balaban J connectivity index is 2.54. The van der Waals surface area contributed by atoms with Gasteiger partial charge in [0.05, 0.1) is 24.9 Å². The van der Waals surface area contributed by atoms with E-state index in [1.165, 1.54) is 7.11 Å². The number of methoxy groups -OCH3 is 1. The van der Waals surface area contributed by atoms with Crippen LogP contribution in [0.15, 0.2) is 24.3 Å². The van der Waals surface area contributed by atoms with Gasteiger partial charge in [0.2, 0.25) is 0 Å². The highest BCUT2D eigenvalue weighted by Crippen LogP contribution is 2.37. The van der Waals surface area contributed by atoms with Crippen molar-refractivity contribution in [3.8, 4) is 0 Å². The molecule has 5 atom stereocenters. The first-order chi connectivity index (χ1) is 12.8. The third kappa shape index (κ3) is 9.04. The molecule has 0 aromatic carbocycles. The first kappa shape index (κ1) is 23.9. The minimum Gasteiger partial charge on any atom is -0.469 e. The minimum absolute atomic E-state index is 0.0560. The molecule has 0 heterocycles. The zero-order valence-corrected chi connectivity index (χ0v) is 17.1. The third-order valence-corrected chi connectivity index (χ3v) is 5.43. The normalized spacial score (nSPS) is 28.1. The van der Waals surface area contributed by atoms with Crippen molar-refractivity contribution < 1.29 is 24.9 Å². The first-order valence-electron chi connectivity index (χ1n) is 10.3. The van der Waals surface area contributed by atoms with Gasteiger partial charge >= 0.3 is 5.97 Å². The van der Waals surface area contributed by atoms with Crippen molar-refractivity contribution in [1.29, 1.82) is 0 Å². The zero-order valence-electron chi connectivity index (χ0n) is 17.1. The van der Waals surface area contributed by atoms with Crippen molar-refractivity contribution in [3.63, 3.8) is 0 Å². The number of aliphatic hydroxyl groups is 3. The molecule has 0 aliphatic heterocycles. The van der Waals surface area contributed by atoms with Crippen LogP contribution < -0.4 is 0 Å². The molecule has 5 heteroatoms. The summed E-state index contributed by atoms with van der Waals surface area (Å²) >= 11 is 0. The average Bonchev–Trinajstić information content (AvgIpc) is 2.89. The van der Waals surface area contributed by atoms with E-state index in [1.54, 1.807) is 13.0 Å². The predicted octanol–water partition coefficient (Wildman–Crippen LogP) is 3.52. The molecule has 0 spiro atoms. The highest BCUT2D eigenvalue weighted by Gasteiger charge is 2.39. The van der Waals surface area contributed by atoms with E-state index in [0.29, 0.717) is 25.7 Å². The van der Waals surface area contributed by atoms with Gasteiger partial charge in [-0.3, -0.25) is 4.79 Å². The van der Waals surface area contributed by atoms with E-state index in [2.05, 4.69) is 11.7 Å². The Kier molecular flexibility index (Phi) is 10.9. The van der Waals surface area contributed by atoms with Gasteiger partial charge in [-0.15, -0.1) is 0 Å². The summed E-state index contributed by atoms with van der Waals surface area (Å²) in [6.07, 6.45) is 13.4. The SMILES string of the molecule is CCCCCC(C)(O)/C=C/C1C(O)CC(O)C1C/C=C\CCCC(=O)OC. The van der Waals surface area contributed by atoms with Gasteiger partial charge < -0.3 is 20.1 Å². The highest BCUT2D eigenvalue weighted by atomic mass is 16.5. The lowest BCUT2D eigenvalue weighted by molar-refractivity contribution is -0.140. The van der Waals surface area contributed by atoms with Crippen molar-refractivity contribution >= 4 is 5.97 Å². The number of rotatable bonds is 12. The van der Waals surface area contributed by atoms with E-state index in [9.17, 15) is 20.1 Å². The third-order valence-electron chi connectivity index (χ3n) is 5.43. The van der Waals surface area contributed by atoms with Crippen LogP contribution in [0.25, 0.3) is 0 Å². The number of allylic oxidation sites excluding steroid dienone is 2. The van der Waals surface area contributed by atoms with E-state index in [-0.39, 0.29) is 17.8 Å². The van der Waals surface area contributed by atoms with Crippen molar-refractivity contribution in [3.05, 3.63) is 24.3 Å². The van der Waals surface area contributed by atoms with E-state index >= 15 is 0 Å². The van der Waals surface area contributed by atoms with Crippen LogP contribution >= 0.6 is 0 Å². The molecule has 0 bridgehead atoms. The second-order valence-corrected chi connectivity index (χ2v) is 7.96. The molecule has 3 N–H and O–H groups in total. The second-order valence-electron chi connectivity index (χ2n) is 7.96. The Bertz CT molecular complexity index is 483. The molecule has 1 fully saturated rings. The van der Waals surface area contributed by atoms with E-state index in [1.807, 2.05) is 18.2 Å². The molecule has 0 radical (unpaired) electrons. The lowest BCUT2D eigenvalue weighted by Crippen LogP contribution is -2.24. The zero-order chi connectivity index (χ0) is 20.3. The molecule has 0 saturated heterocycles. The smallest absolute Gasteiger partial charge is 0.305 e. The van der Waals surface area contributed by atoms with Gasteiger partial charge in [-0.05, 0) is 38.5 Å². The molecular weight excluding hydrogens is 344 g/mol. The van der Waals surface area contributed by atoms with Crippen molar-refractivity contribution in [2.45, 2.75) is 89.4 Å². The summed E-state index contributed by atoms with van der Waals surface area (Å²) < 4.78 is 4.61. The Hall–Kier alpha value is -1.17. The fraction of sp³-hybridized carbons (Fsp3) is 0.773. The molecule has 1 saturated carbocycles. The van der Waals surface area contributed by atoms with Crippen molar-refractivity contribution in [2.75, 3.05) is 7.11 Å². The van der Waals surface area contributed by atoms with Crippen LogP contribution in [-0.4, -0.2) is 46.2 Å². The van der Waals surface area contributed by atoms with Crippen LogP contribution in [0.1, 0.15) is 71.6 Å². The Morgan fingerprint density at radius 1 is 1.19 bits per heavy atom. The van der Waals surface area contributed by atoms with E-state index in [0.717, 1.165) is 32.1 Å². The van der Waals surface area contributed by atoms with Gasteiger partial charge in [0, 0.05) is 18.8 Å². The number of ether oxygens (including phenoxy) is 1. The number of unbranched alkanes of at least 4 members (excludes halogenated alkanes) is 3. The fourth-order valence-electron chi connectivity index (χ4n) is 3.68. The van der Waals surface area contributed by atoms with Crippen LogP contribution in [0.5, 0.6) is 0 Å². The molecule has 5 unspecified atom stereocenters. The minimum atomic E-state index is -0.878. The maximum Gasteiger partial charge on any atom is 0.305 e. The van der Waals surface area contributed by atoms with Crippen molar-refractivity contribution in [1.82, 2.24) is 0 Å². The molecule has 27 heavy (non-hydrogen) atoms. The number of carbonyl (C=O) groups excluding carboxylic acids is 1. The monoisotopic (exact) mass is 382 g/mol. The van der Waals surface area contributed by atoms with Crippen LogP contribution in [0, 0.1) is 11.8 Å². The molecule has 5 nitrogen and oxygen atoms in total. The topological polar surface area (TPSA) is 87.0 Å². The largest absolute Gasteiger partial charge is 0.469 e. The molecule has 0 aromatic rings. The number of aliphatic hydroxyl groups excluding tert-OH is 2. The van der Waals surface area contributed by atoms with Crippen molar-refractivity contribution in [2.24, 2.45) is 11.8 Å². The van der Waals surface area contributed by atoms with E-state index < -0.39 is 17.8 Å². The maximum absolute atomic E-state index is 11.1. The summed E-state index contributed by atoms with van der Waals surface area (Å²) in [5.74, 6) is -0.411. The first-order valence-corrected chi connectivity index (χ1v) is 10.3. The summed E-state index contributed by atoms with van der Waals surface area (Å²) in [4.78, 5) is 11.1. The standard InChI is InChI=1S/C22H38O5/c1-4-5-10-14-22(2,26)15-13-18-17(19(23)16-20(18)24)11-8-6-7-9-12-21(25)27-3/h6,8,13,15,17-20,23-24,26H,4-5,7,9-12,14,16H2,1-3H3/b8-6-,15-13+. The molecule has 156 valence electrons. The Labute approximate surface area is 164 Å². The lowest BCUT2D eigenvalue weighted by atomic mass is 9.88. The fourth-order valence-corrected chi connectivity index (χ4v) is 3.68. The Morgan fingerprint density at radius 3 is 2.59 bits per heavy atom. The van der Waals surface area contributed by atoms with Gasteiger partial charge in [0.25, 0.3) is 0 Å². The molecular formula is C22H38O5. The van der Waals surface area contributed by atoms with Crippen LogP contribution in [0.4, 0.5) is 0 Å². The quantitative estimate of drug-likeness (QED) is 0.273. The van der Waals surface area contributed by atoms with Crippen LogP contribution in [-0.2, 0) is 9.53 Å². The maximum atomic E-state index is 11.1. The molecule has 1 aliphatic carbocycles. The predicted molar refractivity (Wildman–Crippen MR) is 107 cm³/mol. The Morgan fingerprint density at radius 2 is 1.93 bits per heavy atom. The number of hydrogen-bond acceptors (Lipinski definition) is 5. The molecule has 0 aromatic heterocycles. The number of carbonyl (C=O) groups is 1. The van der Waals surface area contributed by atoms with Gasteiger partial charge in [-0.2, -0.15) is 0 Å². The summed E-state index contributed by atoms with van der Waals surface area (Å²) in [6, 6.07) is 0. The molecule has 0 amide bonds. The van der Waals surface area contributed by atoms with E-state index in [4.69, 9.17) is 0 Å². The van der Waals surface area contributed by atoms with Gasteiger partial charge in [-0.1, -0.05) is 50.5 Å².